The van der Waals surface area contributed by atoms with E-state index in [1.807, 2.05) is 0 Å². The zero-order valence-corrected chi connectivity index (χ0v) is 10.6. The first kappa shape index (κ1) is 13.3. The highest BCUT2D eigenvalue weighted by atomic mass is 35.5. The number of hydrogen-bond donors (Lipinski definition) is 1. The molecule has 0 heterocycles. The number of nitrogens with one attached hydrogen (secondary N) is 1. The number of benzene rings is 1. The van der Waals surface area contributed by atoms with E-state index in [4.69, 9.17) is 23.2 Å². The Bertz CT molecular complexity index is 499. The molecule has 0 aliphatic carbocycles. The second kappa shape index (κ2) is 5.03. The number of amides is 1. The number of sulfonamides is 1. The number of aryl methyl sites for hydroxylation is 1. The van der Waals surface area contributed by atoms with Crippen LogP contribution in [0.3, 0.4) is 0 Å². The summed E-state index contributed by atoms with van der Waals surface area (Å²) in [6.07, 6.45) is 0. The van der Waals surface area contributed by atoms with Crippen LogP contribution in [-0.4, -0.2) is 19.2 Å². The molecule has 1 rings (SSSR count). The maximum atomic E-state index is 11.7. The van der Waals surface area contributed by atoms with Crippen molar-refractivity contribution in [3.05, 3.63) is 29.8 Å². The molecule has 0 aliphatic rings. The van der Waals surface area contributed by atoms with Crippen molar-refractivity contribution in [2.45, 2.75) is 16.7 Å². The third-order valence-corrected chi connectivity index (χ3v) is 3.72. The van der Waals surface area contributed by atoms with Gasteiger partial charge < -0.3 is 0 Å². The van der Waals surface area contributed by atoms with E-state index in [0.717, 1.165) is 0 Å². The van der Waals surface area contributed by atoms with Crippen LogP contribution in [0.1, 0.15) is 5.56 Å². The van der Waals surface area contributed by atoms with Crippen molar-refractivity contribution in [3.63, 3.8) is 0 Å². The first-order chi connectivity index (χ1) is 7.34. The molecule has 0 unspecified atom stereocenters. The molecule has 1 N–H and O–H groups in total. The first-order valence-electron chi connectivity index (χ1n) is 4.25. The lowest BCUT2D eigenvalue weighted by Gasteiger charge is -2.09. The summed E-state index contributed by atoms with van der Waals surface area (Å²) in [5.41, 5.74) is 0.531. The Kier molecular flexibility index (Phi) is 4.18. The smallest absolute Gasteiger partial charge is 0.266 e. The van der Waals surface area contributed by atoms with E-state index in [9.17, 15) is 13.2 Å². The van der Waals surface area contributed by atoms with Gasteiger partial charge in [0.25, 0.3) is 15.9 Å². The van der Waals surface area contributed by atoms with Crippen molar-refractivity contribution >= 4 is 39.1 Å². The van der Waals surface area contributed by atoms with Crippen molar-refractivity contribution < 1.29 is 13.2 Å². The normalized spacial score (nSPS) is 11.5. The van der Waals surface area contributed by atoms with E-state index >= 15 is 0 Å². The van der Waals surface area contributed by atoms with Gasteiger partial charge in [-0.25, -0.2) is 13.1 Å². The summed E-state index contributed by atoms with van der Waals surface area (Å²) in [6.45, 7) is 1.62. The topological polar surface area (TPSA) is 63.2 Å². The van der Waals surface area contributed by atoms with Gasteiger partial charge in [-0.15, -0.1) is 0 Å². The average Bonchev–Trinajstić information content (AvgIpc) is 2.17. The molecule has 88 valence electrons. The average molecular weight is 282 g/mol. The van der Waals surface area contributed by atoms with Crippen LogP contribution in [0.2, 0.25) is 0 Å². The molecule has 4 nitrogen and oxygen atoms in total. The maximum Gasteiger partial charge on any atom is 0.266 e. The minimum atomic E-state index is -3.90. The number of carbonyl (C=O) groups is 1. The Morgan fingerprint density at radius 1 is 1.31 bits per heavy atom. The molecule has 0 saturated heterocycles. The number of hydrogen-bond acceptors (Lipinski definition) is 3. The summed E-state index contributed by atoms with van der Waals surface area (Å²) < 4.78 is 25.2. The van der Waals surface area contributed by atoms with E-state index in [-0.39, 0.29) is 4.90 Å². The van der Waals surface area contributed by atoms with Gasteiger partial charge in [0.2, 0.25) is 0 Å². The Labute approximate surface area is 104 Å². The number of rotatable bonds is 3. The summed E-state index contributed by atoms with van der Waals surface area (Å²) in [5.74, 6) is -0.966. The van der Waals surface area contributed by atoms with Gasteiger partial charge in [0, 0.05) is 0 Å². The summed E-state index contributed by atoms with van der Waals surface area (Å²) in [4.78, 5) is 9.70. The van der Waals surface area contributed by atoms with E-state index < -0.39 is 20.8 Å². The zero-order chi connectivity index (χ0) is 12.3. The molecule has 0 fully saturated rings. The van der Waals surface area contributed by atoms with Gasteiger partial charge in [0.15, 0.2) is 4.84 Å². The van der Waals surface area contributed by atoms with Crippen molar-refractivity contribution in [1.82, 2.24) is 4.72 Å². The fourth-order valence-electron chi connectivity index (χ4n) is 1.09. The highest BCUT2D eigenvalue weighted by molar-refractivity contribution is 7.90. The highest BCUT2D eigenvalue weighted by Crippen LogP contribution is 2.14. The molecule has 0 radical (unpaired) electrons. The van der Waals surface area contributed by atoms with Gasteiger partial charge in [-0.1, -0.05) is 41.4 Å². The lowest BCUT2D eigenvalue weighted by atomic mass is 10.2. The second-order valence-electron chi connectivity index (χ2n) is 3.04. The van der Waals surface area contributed by atoms with Crippen molar-refractivity contribution in [2.24, 2.45) is 0 Å². The number of carbonyl (C=O) groups excluding carboxylic acids is 1. The molecular weight excluding hydrogens is 273 g/mol. The largest absolute Gasteiger partial charge is 0.271 e. The van der Waals surface area contributed by atoms with Crippen molar-refractivity contribution in [2.75, 3.05) is 0 Å². The number of halogens is 2. The Balaban J connectivity index is 3.05. The molecule has 0 saturated carbocycles. The summed E-state index contributed by atoms with van der Waals surface area (Å²) in [6, 6.07) is 6.27. The summed E-state index contributed by atoms with van der Waals surface area (Å²) in [5, 5.41) is 0. The van der Waals surface area contributed by atoms with Crippen LogP contribution in [0.15, 0.2) is 29.2 Å². The quantitative estimate of drug-likeness (QED) is 0.856. The van der Waals surface area contributed by atoms with E-state index in [0.29, 0.717) is 5.56 Å². The molecular formula is C9H9Cl2NO3S. The van der Waals surface area contributed by atoms with Gasteiger partial charge in [-0.05, 0) is 18.6 Å². The first-order valence-corrected chi connectivity index (χ1v) is 6.60. The molecule has 1 aromatic carbocycles. The maximum absolute atomic E-state index is 11.7. The van der Waals surface area contributed by atoms with E-state index in [1.54, 1.807) is 29.8 Å². The molecule has 1 amide bonds. The molecule has 7 heteroatoms. The van der Waals surface area contributed by atoms with Gasteiger partial charge >= 0.3 is 0 Å². The Morgan fingerprint density at radius 2 is 1.88 bits per heavy atom. The zero-order valence-electron chi connectivity index (χ0n) is 8.28. The van der Waals surface area contributed by atoms with Crippen LogP contribution in [-0.2, 0) is 14.8 Å². The van der Waals surface area contributed by atoms with Crippen LogP contribution in [0.25, 0.3) is 0 Å². The van der Waals surface area contributed by atoms with Gasteiger partial charge in [0.1, 0.15) is 0 Å². The van der Waals surface area contributed by atoms with Crippen LogP contribution in [0.5, 0.6) is 0 Å². The standard InChI is InChI=1S/C9H9Cl2NO3S/c1-6-4-2-3-5-7(6)16(14,15)12-9(13)8(10)11/h2-5,8H,1H3,(H,12,13). The predicted octanol–water partition coefficient (Wildman–Crippen LogP) is 1.60. The third kappa shape index (κ3) is 3.10. The van der Waals surface area contributed by atoms with Gasteiger partial charge in [-0.3, -0.25) is 4.79 Å². The van der Waals surface area contributed by atoms with Gasteiger partial charge in [0.05, 0.1) is 4.90 Å². The predicted molar refractivity (Wildman–Crippen MR) is 62.0 cm³/mol. The summed E-state index contributed by atoms with van der Waals surface area (Å²) >= 11 is 10.5. The SMILES string of the molecule is Cc1ccccc1S(=O)(=O)NC(=O)C(Cl)Cl. The van der Waals surface area contributed by atoms with Crippen LogP contribution >= 0.6 is 23.2 Å². The third-order valence-electron chi connectivity index (χ3n) is 1.82. The molecule has 0 aromatic heterocycles. The van der Waals surface area contributed by atoms with Crippen molar-refractivity contribution in [1.29, 1.82) is 0 Å². The second-order valence-corrected chi connectivity index (χ2v) is 5.78. The van der Waals surface area contributed by atoms with Crippen molar-refractivity contribution in [3.8, 4) is 0 Å². The Hall–Kier alpha value is -0.780. The minimum absolute atomic E-state index is 0.0253. The monoisotopic (exact) mass is 281 g/mol. The highest BCUT2D eigenvalue weighted by Gasteiger charge is 2.22. The van der Waals surface area contributed by atoms with Crippen LogP contribution in [0.4, 0.5) is 0 Å². The van der Waals surface area contributed by atoms with E-state index in [2.05, 4.69) is 0 Å². The number of alkyl halides is 2. The lowest BCUT2D eigenvalue weighted by molar-refractivity contribution is -0.117. The summed E-state index contributed by atoms with van der Waals surface area (Å²) in [7, 11) is -3.90. The molecule has 0 aliphatic heterocycles. The molecule has 0 atom stereocenters. The fourth-order valence-corrected chi connectivity index (χ4v) is 2.57. The molecule has 1 aromatic rings. The fraction of sp³-hybridized carbons (Fsp3) is 0.222. The van der Waals surface area contributed by atoms with Crippen LogP contribution < -0.4 is 4.72 Å². The molecule has 0 spiro atoms. The van der Waals surface area contributed by atoms with Crippen LogP contribution in [0, 0.1) is 6.92 Å². The Morgan fingerprint density at radius 3 is 2.38 bits per heavy atom. The lowest BCUT2D eigenvalue weighted by Crippen LogP contribution is -2.34. The molecule has 16 heavy (non-hydrogen) atoms. The van der Waals surface area contributed by atoms with Gasteiger partial charge in [-0.2, -0.15) is 0 Å². The molecule has 0 bridgehead atoms. The van der Waals surface area contributed by atoms with E-state index in [1.165, 1.54) is 6.07 Å². The minimum Gasteiger partial charge on any atom is -0.271 e.